The van der Waals surface area contributed by atoms with E-state index in [4.69, 9.17) is 0 Å². The normalized spacial score (nSPS) is 15.5. The zero-order valence-corrected chi connectivity index (χ0v) is 7.98. The van der Waals surface area contributed by atoms with Gasteiger partial charge >= 0.3 is 0 Å². The highest BCUT2D eigenvalue weighted by atomic mass is 15.1. The van der Waals surface area contributed by atoms with Gasteiger partial charge in [0.15, 0.2) is 0 Å². The Labute approximate surface area is 75.1 Å². The van der Waals surface area contributed by atoms with Crippen LogP contribution in [0.4, 0.5) is 0 Å². The molecule has 0 radical (unpaired) electrons. The van der Waals surface area contributed by atoms with Gasteiger partial charge in [-0.05, 0) is 11.6 Å². The maximum absolute atomic E-state index is 3.70. The van der Waals surface area contributed by atoms with Crippen LogP contribution >= 0.6 is 0 Å². The molecular weight excluding hydrogens is 148 g/mol. The second-order valence-electron chi connectivity index (χ2n) is 2.13. The first-order chi connectivity index (χ1) is 5.88. The van der Waals surface area contributed by atoms with Crippen molar-refractivity contribution in [3.8, 4) is 0 Å². The number of rotatable bonds is 2. The molecular formula is C10H18N2. The van der Waals surface area contributed by atoms with Gasteiger partial charge in [-0.2, -0.15) is 0 Å². The van der Waals surface area contributed by atoms with Crippen molar-refractivity contribution in [2.75, 3.05) is 13.2 Å². The maximum atomic E-state index is 3.70. The van der Waals surface area contributed by atoms with Crippen LogP contribution in [-0.2, 0) is 0 Å². The van der Waals surface area contributed by atoms with Crippen LogP contribution in [0.15, 0.2) is 36.6 Å². The first-order valence-electron chi connectivity index (χ1n) is 4.31. The summed E-state index contributed by atoms with van der Waals surface area (Å²) >= 11 is 0. The molecule has 0 spiro atoms. The van der Waals surface area contributed by atoms with E-state index in [0.29, 0.717) is 0 Å². The fourth-order valence-electron chi connectivity index (χ4n) is 0.949. The number of nitrogens with one attached hydrogen (secondary N) is 2. The van der Waals surface area contributed by atoms with Crippen LogP contribution in [0.1, 0.15) is 13.8 Å². The molecule has 0 bridgehead atoms. The van der Waals surface area contributed by atoms with Crippen molar-refractivity contribution < 1.29 is 0 Å². The third-order valence-electron chi connectivity index (χ3n) is 1.52. The van der Waals surface area contributed by atoms with Crippen molar-refractivity contribution in [3.63, 3.8) is 0 Å². The molecule has 1 heterocycles. The third kappa shape index (κ3) is 2.93. The highest BCUT2D eigenvalue weighted by Crippen LogP contribution is 2.04. The van der Waals surface area contributed by atoms with E-state index in [1.165, 1.54) is 5.57 Å². The van der Waals surface area contributed by atoms with E-state index in [-0.39, 0.29) is 0 Å². The van der Waals surface area contributed by atoms with Gasteiger partial charge in [0.05, 0.1) is 6.67 Å². The molecule has 0 atom stereocenters. The van der Waals surface area contributed by atoms with Crippen molar-refractivity contribution in [3.05, 3.63) is 36.6 Å². The Balaban J connectivity index is 0.000000561. The van der Waals surface area contributed by atoms with Crippen LogP contribution in [0.5, 0.6) is 0 Å². The Hall–Kier alpha value is -1.02. The van der Waals surface area contributed by atoms with Crippen LogP contribution in [0.25, 0.3) is 0 Å². The summed E-state index contributed by atoms with van der Waals surface area (Å²) in [5.41, 5.74) is 2.27. The summed E-state index contributed by atoms with van der Waals surface area (Å²) in [6, 6.07) is 0. The molecule has 0 unspecified atom stereocenters. The van der Waals surface area contributed by atoms with E-state index in [0.717, 1.165) is 18.9 Å². The highest BCUT2D eigenvalue weighted by Gasteiger charge is 2.03. The van der Waals surface area contributed by atoms with Gasteiger partial charge in [-0.1, -0.05) is 33.1 Å². The van der Waals surface area contributed by atoms with Gasteiger partial charge in [-0.3, -0.25) is 5.32 Å². The lowest BCUT2D eigenvalue weighted by Gasteiger charge is -2.18. The second-order valence-corrected chi connectivity index (χ2v) is 2.13. The molecule has 68 valence electrons. The Bertz CT molecular complexity index is 160. The van der Waals surface area contributed by atoms with E-state index in [1.54, 1.807) is 0 Å². The smallest absolute Gasteiger partial charge is 0.0655 e. The summed E-state index contributed by atoms with van der Waals surface area (Å²) in [5.74, 6) is 0. The van der Waals surface area contributed by atoms with Gasteiger partial charge in [0.1, 0.15) is 0 Å². The predicted molar refractivity (Wildman–Crippen MR) is 54.8 cm³/mol. The van der Waals surface area contributed by atoms with Crippen LogP contribution in [-0.4, -0.2) is 13.2 Å². The lowest BCUT2D eigenvalue weighted by atomic mass is 10.1. The highest BCUT2D eigenvalue weighted by molar-refractivity contribution is 5.32. The molecule has 2 heteroatoms. The van der Waals surface area contributed by atoms with Crippen LogP contribution in [0.2, 0.25) is 0 Å². The number of hydrogen-bond acceptors (Lipinski definition) is 2. The summed E-state index contributed by atoms with van der Waals surface area (Å²) < 4.78 is 0. The van der Waals surface area contributed by atoms with E-state index in [2.05, 4.69) is 23.8 Å². The fraction of sp³-hybridized carbons (Fsp3) is 0.400. The first kappa shape index (κ1) is 11.0. The van der Waals surface area contributed by atoms with Crippen LogP contribution < -0.4 is 10.6 Å². The molecule has 2 nitrogen and oxygen atoms in total. The molecule has 2 N–H and O–H groups in total. The molecule has 0 aromatic heterocycles. The SMILES string of the molecule is C=CC1=C(C=C)NCNC1.CC. The summed E-state index contributed by atoms with van der Waals surface area (Å²) in [7, 11) is 0. The molecule has 12 heavy (non-hydrogen) atoms. The summed E-state index contributed by atoms with van der Waals surface area (Å²) in [6.07, 6.45) is 3.66. The van der Waals surface area contributed by atoms with Crippen LogP contribution in [0.3, 0.4) is 0 Å². The van der Waals surface area contributed by atoms with Gasteiger partial charge in [-0.25, -0.2) is 0 Å². The Kier molecular flexibility index (Phi) is 6.11. The monoisotopic (exact) mass is 166 g/mol. The van der Waals surface area contributed by atoms with Crippen LogP contribution in [0, 0.1) is 0 Å². The Morgan fingerprint density at radius 1 is 1.25 bits per heavy atom. The fourth-order valence-corrected chi connectivity index (χ4v) is 0.949. The quantitative estimate of drug-likeness (QED) is 0.653. The molecule has 1 rings (SSSR count). The molecule has 1 aliphatic rings. The second kappa shape index (κ2) is 6.68. The van der Waals surface area contributed by atoms with Crippen molar-refractivity contribution in [2.45, 2.75) is 13.8 Å². The summed E-state index contributed by atoms with van der Waals surface area (Å²) in [6.45, 7) is 13.1. The van der Waals surface area contributed by atoms with Crippen molar-refractivity contribution >= 4 is 0 Å². The molecule has 0 fully saturated rings. The maximum Gasteiger partial charge on any atom is 0.0655 e. The average molecular weight is 166 g/mol. The zero-order valence-electron chi connectivity index (χ0n) is 7.98. The van der Waals surface area contributed by atoms with Gasteiger partial charge in [0.25, 0.3) is 0 Å². The molecule has 0 aliphatic carbocycles. The van der Waals surface area contributed by atoms with Gasteiger partial charge in [0.2, 0.25) is 0 Å². The van der Waals surface area contributed by atoms with Gasteiger partial charge in [-0.15, -0.1) is 0 Å². The minimum absolute atomic E-state index is 0.818. The standard InChI is InChI=1S/C8H12N2.C2H6/c1-3-7-5-9-6-10-8(7)4-2;1-2/h3-4,9-10H,1-2,5-6H2;1-2H3. The average Bonchev–Trinajstić information content (AvgIpc) is 2.20. The lowest BCUT2D eigenvalue weighted by molar-refractivity contribution is 0.635. The largest absolute Gasteiger partial charge is 0.372 e. The zero-order chi connectivity index (χ0) is 9.40. The summed E-state index contributed by atoms with van der Waals surface area (Å²) in [4.78, 5) is 0. The topological polar surface area (TPSA) is 24.1 Å². The van der Waals surface area contributed by atoms with E-state index in [9.17, 15) is 0 Å². The van der Waals surface area contributed by atoms with E-state index < -0.39 is 0 Å². The van der Waals surface area contributed by atoms with Gasteiger partial charge in [0, 0.05) is 12.2 Å². The number of hydrogen-bond donors (Lipinski definition) is 2. The molecule has 0 saturated heterocycles. The van der Waals surface area contributed by atoms with E-state index in [1.807, 2.05) is 26.0 Å². The number of allylic oxidation sites excluding steroid dienone is 1. The molecule has 0 aromatic rings. The predicted octanol–water partition coefficient (Wildman–Crippen LogP) is 1.79. The van der Waals surface area contributed by atoms with E-state index >= 15 is 0 Å². The first-order valence-corrected chi connectivity index (χ1v) is 4.31. The molecule has 0 amide bonds. The van der Waals surface area contributed by atoms with Crippen molar-refractivity contribution in [1.82, 2.24) is 10.6 Å². The minimum Gasteiger partial charge on any atom is -0.372 e. The minimum atomic E-state index is 0.818. The lowest BCUT2D eigenvalue weighted by Crippen LogP contribution is -2.35. The summed E-state index contributed by atoms with van der Waals surface area (Å²) in [5, 5.41) is 6.31. The van der Waals surface area contributed by atoms with Crippen molar-refractivity contribution in [2.24, 2.45) is 0 Å². The molecule has 0 saturated carbocycles. The van der Waals surface area contributed by atoms with Gasteiger partial charge < -0.3 is 5.32 Å². The molecule has 0 aromatic carbocycles. The van der Waals surface area contributed by atoms with Crippen molar-refractivity contribution in [1.29, 1.82) is 0 Å². The molecule has 1 aliphatic heterocycles. The third-order valence-corrected chi connectivity index (χ3v) is 1.52. The Morgan fingerprint density at radius 2 is 1.92 bits per heavy atom. The Morgan fingerprint density at radius 3 is 2.33 bits per heavy atom.